The number of aromatic nitrogens is 4. The van der Waals surface area contributed by atoms with Gasteiger partial charge in [-0.1, -0.05) is 20.8 Å². The topological polar surface area (TPSA) is 75.9 Å². The van der Waals surface area contributed by atoms with E-state index >= 15 is 0 Å². The lowest BCUT2D eigenvalue weighted by atomic mass is 9.64. The van der Waals surface area contributed by atoms with E-state index in [0.29, 0.717) is 18.5 Å². The van der Waals surface area contributed by atoms with Crippen LogP contribution in [0.3, 0.4) is 0 Å². The molecule has 2 saturated carbocycles. The number of hydrogen-bond acceptors (Lipinski definition) is 5. The lowest BCUT2D eigenvalue weighted by molar-refractivity contribution is 0.0345. The highest BCUT2D eigenvalue weighted by atomic mass is 16.3. The van der Waals surface area contributed by atoms with Crippen molar-refractivity contribution in [1.29, 1.82) is 0 Å². The zero-order valence-electron chi connectivity index (χ0n) is 13.3. The van der Waals surface area contributed by atoms with Crippen LogP contribution in [0.1, 0.15) is 64.7 Å². The molecule has 2 aliphatic carbocycles. The summed E-state index contributed by atoms with van der Waals surface area (Å²) >= 11 is 0. The molecule has 0 saturated heterocycles. The standard InChI is InChI=1S/C15H27N5O/c1-11-6-14(2,3)9-15(7-11,10-21)16-8-13-17-18-19-20(13)12-4-5-12/h11-12,16,21H,4-10H2,1-3H3. The molecule has 0 aromatic carbocycles. The molecule has 2 unspecified atom stereocenters. The SMILES string of the molecule is CC1CC(C)(C)CC(CO)(NCc2nnnn2C2CC2)C1. The Morgan fingerprint density at radius 1 is 1.33 bits per heavy atom. The van der Waals surface area contributed by atoms with Crippen LogP contribution in [0.15, 0.2) is 0 Å². The molecule has 0 amide bonds. The maximum atomic E-state index is 9.99. The zero-order chi connectivity index (χ0) is 15.1. The average Bonchev–Trinajstić information content (AvgIpc) is 3.13. The molecular weight excluding hydrogens is 266 g/mol. The number of aliphatic hydroxyl groups is 1. The molecule has 3 rings (SSSR count). The predicted octanol–water partition coefficient (Wildman–Crippen LogP) is 1.67. The van der Waals surface area contributed by atoms with Gasteiger partial charge in [-0.2, -0.15) is 0 Å². The van der Waals surface area contributed by atoms with Gasteiger partial charge in [-0.15, -0.1) is 5.10 Å². The second kappa shape index (κ2) is 5.32. The lowest BCUT2D eigenvalue weighted by Crippen LogP contribution is -2.55. The Bertz CT molecular complexity index is 496. The Kier molecular flexibility index (Phi) is 3.78. The van der Waals surface area contributed by atoms with E-state index in [1.54, 1.807) is 0 Å². The summed E-state index contributed by atoms with van der Waals surface area (Å²) in [4.78, 5) is 0. The van der Waals surface area contributed by atoms with Gasteiger partial charge in [0, 0.05) is 5.54 Å². The van der Waals surface area contributed by atoms with Crippen molar-refractivity contribution in [2.75, 3.05) is 6.61 Å². The number of hydrogen-bond donors (Lipinski definition) is 2. The molecule has 0 radical (unpaired) electrons. The molecule has 118 valence electrons. The third kappa shape index (κ3) is 3.26. The van der Waals surface area contributed by atoms with Crippen LogP contribution in [-0.4, -0.2) is 37.5 Å². The minimum atomic E-state index is -0.207. The Hall–Kier alpha value is -1.01. The molecule has 2 N–H and O–H groups in total. The van der Waals surface area contributed by atoms with Crippen molar-refractivity contribution in [1.82, 2.24) is 25.5 Å². The molecule has 6 heteroatoms. The fraction of sp³-hybridized carbons (Fsp3) is 0.933. The smallest absolute Gasteiger partial charge is 0.165 e. The molecule has 2 atom stereocenters. The van der Waals surface area contributed by atoms with Gasteiger partial charge in [0.15, 0.2) is 5.82 Å². The van der Waals surface area contributed by atoms with E-state index in [9.17, 15) is 5.11 Å². The highest BCUT2D eigenvalue weighted by Crippen LogP contribution is 2.43. The van der Waals surface area contributed by atoms with Gasteiger partial charge in [0.25, 0.3) is 0 Å². The van der Waals surface area contributed by atoms with E-state index < -0.39 is 0 Å². The summed E-state index contributed by atoms with van der Waals surface area (Å²) in [7, 11) is 0. The van der Waals surface area contributed by atoms with Crippen molar-refractivity contribution in [3.05, 3.63) is 5.82 Å². The molecule has 0 aliphatic heterocycles. The quantitative estimate of drug-likeness (QED) is 0.864. The van der Waals surface area contributed by atoms with Gasteiger partial charge in [0.1, 0.15) is 0 Å². The molecule has 1 aromatic rings. The third-order valence-electron chi connectivity index (χ3n) is 4.84. The highest BCUT2D eigenvalue weighted by Gasteiger charge is 2.42. The number of nitrogens with zero attached hydrogens (tertiary/aromatic N) is 4. The minimum absolute atomic E-state index is 0.172. The maximum absolute atomic E-state index is 9.99. The predicted molar refractivity (Wildman–Crippen MR) is 79.5 cm³/mol. The minimum Gasteiger partial charge on any atom is -0.394 e. The van der Waals surface area contributed by atoms with E-state index in [2.05, 4.69) is 41.6 Å². The first-order valence-corrected chi connectivity index (χ1v) is 8.06. The second-order valence-electron chi connectivity index (χ2n) is 7.92. The van der Waals surface area contributed by atoms with Gasteiger partial charge in [-0.05, 0) is 53.9 Å². The molecule has 1 heterocycles. The Balaban J connectivity index is 1.70. The van der Waals surface area contributed by atoms with Crippen LogP contribution in [-0.2, 0) is 6.54 Å². The normalized spacial score (nSPS) is 32.3. The van der Waals surface area contributed by atoms with Crippen LogP contribution in [0.5, 0.6) is 0 Å². The van der Waals surface area contributed by atoms with E-state index in [4.69, 9.17) is 0 Å². The van der Waals surface area contributed by atoms with Gasteiger partial charge >= 0.3 is 0 Å². The van der Waals surface area contributed by atoms with Gasteiger partial charge in [0.2, 0.25) is 0 Å². The first-order valence-electron chi connectivity index (χ1n) is 8.06. The van der Waals surface area contributed by atoms with Crippen molar-refractivity contribution in [3.8, 4) is 0 Å². The largest absolute Gasteiger partial charge is 0.394 e. The lowest BCUT2D eigenvalue weighted by Gasteiger charge is -2.47. The van der Waals surface area contributed by atoms with Crippen molar-refractivity contribution in [3.63, 3.8) is 0 Å². The van der Waals surface area contributed by atoms with Crippen molar-refractivity contribution >= 4 is 0 Å². The van der Waals surface area contributed by atoms with Crippen LogP contribution in [0.4, 0.5) is 0 Å². The summed E-state index contributed by atoms with van der Waals surface area (Å²) in [6, 6.07) is 0.489. The molecule has 6 nitrogen and oxygen atoms in total. The average molecular weight is 293 g/mol. The number of tetrazole rings is 1. The Morgan fingerprint density at radius 2 is 2.10 bits per heavy atom. The number of aliphatic hydroxyl groups excluding tert-OH is 1. The fourth-order valence-corrected chi connectivity index (χ4v) is 4.25. The molecule has 0 bridgehead atoms. The van der Waals surface area contributed by atoms with Crippen LogP contribution < -0.4 is 5.32 Å². The summed E-state index contributed by atoms with van der Waals surface area (Å²) < 4.78 is 1.94. The zero-order valence-corrected chi connectivity index (χ0v) is 13.3. The van der Waals surface area contributed by atoms with Crippen LogP contribution in [0.2, 0.25) is 0 Å². The van der Waals surface area contributed by atoms with Crippen molar-refractivity contribution in [2.24, 2.45) is 11.3 Å². The van der Waals surface area contributed by atoms with E-state index in [1.165, 1.54) is 19.3 Å². The van der Waals surface area contributed by atoms with Gasteiger partial charge in [-0.25, -0.2) is 4.68 Å². The maximum Gasteiger partial charge on any atom is 0.165 e. The van der Waals surface area contributed by atoms with Gasteiger partial charge in [-0.3, -0.25) is 0 Å². The Morgan fingerprint density at radius 3 is 2.71 bits per heavy atom. The first-order chi connectivity index (χ1) is 9.93. The molecule has 0 spiro atoms. The van der Waals surface area contributed by atoms with Crippen molar-refractivity contribution in [2.45, 2.75) is 71.0 Å². The highest BCUT2D eigenvalue weighted by molar-refractivity contribution is 5.00. The monoisotopic (exact) mass is 293 g/mol. The number of rotatable bonds is 5. The van der Waals surface area contributed by atoms with Gasteiger partial charge in [0.05, 0.1) is 19.2 Å². The first kappa shape index (κ1) is 14.9. The molecule has 1 aromatic heterocycles. The number of nitrogens with one attached hydrogen (secondary N) is 1. The van der Waals surface area contributed by atoms with E-state index in [-0.39, 0.29) is 17.6 Å². The molecule has 2 aliphatic rings. The third-order valence-corrected chi connectivity index (χ3v) is 4.84. The summed E-state index contributed by atoms with van der Waals surface area (Å²) in [5.41, 5.74) is 0.0529. The van der Waals surface area contributed by atoms with E-state index in [0.717, 1.165) is 18.7 Å². The molecule has 21 heavy (non-hydrogen) atoms. The summed E-state index contributed by atoms with van der Waals surface area (Å²) in [6.45, 7) is 7.67. The van der Waals surface area contributed by atoms with E-state index in [1.807, 2.05) is 4.68 Å². The summed E-state index contributed by atoms with van der Waals surface area (Å²) in [5.74, 6) is 1.51. The van der Waals surface area contributed by atoms with Crippen molar-refractivity contribution < 1.29 is 5.11 Å². The van der Waals surface area contributed by atoms with Crippen LogP contribution in [0.25, 0.3) is 0 Å². The van der Waals surface area contributed by atoms with Crippen LogP contribution >= 0.6 is 0 Å². The molecular formula is C15H27N5O. The summed E-state index contributed by atoms with van der Waals surface area (Å²) in [6.07, 6.45) is 5.57. The summed E-state index contributed by atoms with van der Waals surface area (Å²) in [5, 5.41) is 25.6. The Labute approximate surface area is 126 Å². The van der Waals surface area contributed by atoms with Gasteiger partial charge < -0.3 is 10.4 Å². The fourth-order valence-electron chi connectivity index (χ4n) is 4.25. The molecule has 2 fully saturated rings. The van der Waals surface area contributed by atoms with Crippen LogP contribution in [0, 0.1) is 11.3 Å². The second-order valence-corrected chi connectivity index (χ2v) is 7.92.